The van der Waals surface area contributed by atoms with Crippen LogP contribution in [0.4, 0.5) is 0 Å². The smallest absolute Gasteiger partial charge is 0.216 e. The van der Waals surface area contributed by atoms with Crippen molar-refractivity contribution in [2.24, 2.45) is 0 Å². The van der Waals surface area contributed by atoms with E-state index in [0.29, 0.717) is 5.78 Å². The normalized spacial score (nSPS) is 10.1. The first kappa shape index (κ1) is 15.1. The molecule has 0 aromatic heterocycles. The predicted molar refractivity (Wildman–Crippen MR) is 66.3 cm³/mol. The van der Waals surface area contributed by atoms with Crippen molar-refractivity contribution < 1.29 is 9.59 Å². The summed E-state index contributed by atoms with van der Waals surface area (Å²) in [6, 6.07) is 0. The van der Waals surface area contributed by atoms with Crippen molar-refractivity contribution in [1.29, 1.82) is 0 Å². The summed E-state index contributed by atoms with van der Waals surface area (Å²) < 4.78 is 0. The molecule has 0 aromatic carbocycles. The lowest BCUT2D eigenvalue weighted by molar-refractivity contribution is -0.120. The van der Waals surface area contributed by atoms with Gasteiger partial charge in [0.25, 0.3) is 0 Å². The summed E-state index contributed by atoms with van der Waals surface area (Å²) in [7, 11) is 0. The molecule has 0 heterocycles. The van der Waals surface area contributed by atoms with E-state index in [-0.39, 0.29) is 5.91 Å². The Hall–Kier alpha value is -0.860. The summed E-state index contributed by atoms with van der Waals surface area (Å²) >= 11 is 0. The Morgan fingerprint density at radius 1 is 0.938 bits per heavy atom. The molecule has 0 aliphatic rings. The van der Waals surface area contributed by atoms with Gasteiger partial charge in [0.15, 0.2) is 0 Å². The highest BCUT2D eigenvalue weighted by Crippen LogP contribution is 2.07. The van der Waals surface area contributed by atoms with Gasteiger partial charge >= 0.3 is 0 Å². The number of Topliss-reactive ketones (excluding diaryl/α,β-unsaturated/α-hetero) is 1. The summed E-state index contributed by atoms with van der Waals surface area (Å²) in [5.41, 5.74) is 0. The SMILES string of the molecule is CCCC(=O)CCCCCCCNC(C)=O. The predicted octanol–water partition coefficient (Wildman–Crippen LogP) is 2.83. The van der Waals surface area contributed by atoms with Gasteiger partial charge in [0.2, 0.25) is 5.91 Å². The summed E-state index contributed by atoms with van der Waals surface area (Å²) in [5.74, 6) is 0.450. The topological polar surface area (TPSA) is 46.2 Å². The Morgan fingerprint density at radius 3 is 2.19 bits per heavy atom. The highest BCUT2D eigenvalue weighted by molar-refractivity contribution is 5.78. The molecule has 1 amide bonds. The molecule has 0 radical (unpaired) electrons. The first-order chi connectivity index (χ1) is 7.66. The van der Waals surface area contributed by atoms with Crippen molar-refractivity contribution >= 4 is 11.7 Å². The number of hydrogen-bond donors (Lipinski definition) is 1. The van der Waals surface area contributed by atoms with Crippen molar-refractivity contribution in [2.75, 3.05) is 6.54 Å². The molecule has 0 aliphatic heterocycles. The third-order valence-electron chi connectivity index (χ3n) is 2.54. The quantitative estimate of drug-likeness (QED) is 0.583. The molecule has 0 saturated carbocycles. The van der Waals surface area contributed by atoms with E-state index in [1.54, 1.807) is 6.92 Å². The van der Waals surface area contributed by atoms with Gasteiger partial charge in [0, 0.05) is 26.3 Å². The molecule has 0 aliphatic carbocycles. The van der Waals surface area contributed by atoms with Crippen LogP contribution in [0.5, 0.6) is 0 Å². The fourth-order valence-electron chi connectivity index (χ4n) is 1.65. The van der Waals surface area contributed by atoms with Crippen LogP contribution < -0.4 is 5.32 Å². The van der Waals surface area contributed by atoms with Gasteiger partial charge in [-0.05, 0) is 19.3 Å². The Balaban J connectivity index is 3.09. The lowest BCUT2D eigenvalue weighted by atomic mass is 10.1. The highest BCUT2D eigenvalue weighted by Gasteiger charge is 1.99. The number of ketones is 1. The van der Waals surface area contributed by atoms with Crippen molar-refractivity contribution in [3.05, 3.63) is 0 Å². The van der Waals surface area contributed by atoms with Crippen LogP contribution in [0.15, 0.2) is 0 Å². The number of unbranched alkanes of at least 4 members (excludes halogenated alkanes) is 4. The molecule has 94 valence electrons. The lowest BCUT2D eigenvalue weighted by Crippen LogP contribution is -2.20. The molecule has 0 fully saturated rings. The van der Waals surface area contributed by atoms with Gasteiger partial charge in [-0.1, -0.05) is 26.2 Å². The van der Waals surface area contributed by atoms with Crippen LogP contribution in [0.3, 0.4) is 0 Å². The lowest BCUT2D eigenvalue weighted by Gasteiger charge is -2.02. The van der Waals surface area contributed by atoms with Crippen LogP contribution in [0.25, 0.3) is 0 Å². The van der Waals surface area contributed by atoms with Gasteiger partial charge in [0.05, 0.1) is 0 Å². The maximum Gasteiger partial charge on any atom is 0.216 e. The van der Waals surface area contributed by atoms with E-state index in [0.717, 1.165) is 51.5 Å². The summed E-state index contributed by atoms with van der Waals surface area (Å²) in [5, 5.41) is 2.78. The molecular formula is C13H25NO2. The fraction of sp³-hybridized carbons (Fsp3) is 0.846. The van der Waals surface area contributed by atoms with Crippen LogP contribution in [0.1, 0.15) is 65.2 Å². The number of amides is 1. The van der Waals surface area contributed by atoms with Crippen LogP contribution in [0.2, 0.25) is 0 Å². The average molecular weight is 227 g/mol. The molecule has 1 N–H and O–H groups in total. The van der Waals surface area contributed by atoms with Crippen molar-refractivity contribution in [1.82, 2.24) is 5.32 Å². The summed E-state index contributed by atoms with van der Waals surface area (Å²) in [6.45, 7) is 4.36. The number of carbonyl (C=O) groups is 2. The molecule has 0 spiro atoms. The van der Waals surface area contributed by atoms with Gasteiger partial charge in [-0.25, -0.2) is 0 Å². The van der Waals surface area contributed by atoms with Crippen LogP contribution >= 0.6 is 0 Å². The second-order valence-electron chi connectivity index (χ2n) is 4.29. The van der Waals surface area contributed by atoms with E-state index >= 15 is 0 Å². The minimum Gasteiger partial charge on any atom is -0.356 e. The first-order valence-corrected chi connectivity index (χ1v) is 6.43. The van der Waals surface area contributed by atoms with Crippen molar-refractivity contribution in [3.63, 3.8) is 0 Å². The molecule has 0 bridgehead atoms. The average Bonchev–Trinajstić information content (AvgIpc) is 2.22. The summed E-state index contributed by atoms with van der Waals surface area (Å²) in [4.78, 5) is 21.8. The molecule has 0 aromatic rings. The largest absolute Gasteiger partial charge is 0.356 e. The van der Waals surface area contributed by atoms with E-state index < -0.39 is 0 Å². The van der Waals surface area contributed by atoms with Gasteiger partial charge in [-0.3, -0.25) is 9.59 Å². The first-order valence-electron chi connectivity index (χ1n) is 6.43. The van der Waals surface area contributed by atoms with Gasteiger partial charge in [0.1, 0.15) is 5.78 Å². The Morgan fingerprint density at radius 2 is 1.56 bits per heavy atom. The minimum atomic E-state index is 0.0464. The van der Waals surface area contributed by atoms with E-state index in [4.69, 9.17) is 0 Å². The second kappa shape index (κ2) is 10.7. The van der Waals surface area contributed by atoms with Crippen molar-refractivity contribution in [2.45, 2.75) is 65.2 Å². The summed E-state index contributed by atoms with van der Waals surface area (Å²) in [6.07, 6.45) is 7.97. The minimum absolute atomic E-state index is 0.0464. The Labute approximate surface area is 99.0 Å². The van der Waals surface area contributed by atoms with E-state index in [2.05, 4.69) is 5.32 Å². The maximum absolute atomic E-state index is 11.2. The van der Waals surface area contributed by atoms with Crippen molar-refractivity contribution in [3.8, 4) is 0 Å². The van der Waals surface area contributed by atoms with Crippen LogP contribution in [-0.4, -0.2) is 18.2 Å². The van der Waals surface area contributed by atoms with E-state index in [1.807, 2.05) is 6.92 Å². The number of hydrogen-bond acceptors (Lipinski definition) is 2. The van der Waals surface area contributed by atoms with Gasteiger partial charge < -0.3 is 5.32 Å². The molecule has 0 rings (SSSR count). The molecule has 3 nitrogen and oxygen atoms in total. The molecular weight excluding hydrogens is 202 g/mol. The van der Waals surface area contributed by atoms with Crippen LogP contribution in [0, 0.1) is 0 Å². The zero-order chi connectivity index (χ0) is 12.2. The third kappa shape index (κ3) is 11.2. The fourth-order valence-corrected chi connectivity index (χ4v) is 1.65. The molecule has 0 unspecified atom stereocenters. The number of rotatable bonds is 10. The van der Waals surface area contributed by atoms with E-state index in [1.165, 1.54) is 6.42 Å². The second-order valence-corrected chi connectivity index (χ2v) is 4.29. The monoisotopic (exact) mass is 227 g/mol. The highest BCUT2D eigenvalue weighted by atomic mass is 16.1. The molecule has 3 heteroatoms. The Kier molecular flexibility index (Phi) is 10.1. The maximum atomic E-state index is 11.2. The standard InChI is InChI=1S/C13H25NO2/c1-3-9-13(16)10-7-5-4-6-8-11-14-12(2)15/h3-11H2,1-2H3,(H,14,15). The molecule has 16 heavy (non-hydrogen) atoms. The number of nitrogens with one attached hydrogen (secondary N) is 1. The van der Waals surface area contributed by atoms with Crippen LogP contribution in [-0.2, 0) is 9.59 Å². The zero-order valence-corrected chi connectivity index (χ0v) is 10.7. The number of carbonyl (C=O) groups excluding carboxylic acids is 2. The van der Waals surface area contributed by atoms with Gasteiger partial charge in [-0.15, -0.1) is 0 Å². The third-order valence-corrected chi connectivity index (χ3v) is 2.54. The van der Waals surface area contributed by atoms with Gasteiger partial charge in [-0.2, -0.15) is 0 Å². The molecule has 0 saturated heterocycles. The Bertz CT molecular complexity index is 202. The molecule has 0 atom stereocenters. The van der Waals surface area contributed by atoms with E-state index in [9.17, 15) is 9.59 Å². The zero-order valence-electron chi connectivity index (χ0n) is 10.7.